The van der Waals surface area contributed by atoms with Crippen molar-refractivity contribution < 1.29 is 19.8 Å². The van der Waals surface area contributed by atoms with E-state index in [1.807, 2.05) is 0 Å². The van der Waals surface area contributed by atoms with Gasteiger partial charge in [-0.3, -0.25) is 0 Å². The lowest BCUT2D eigenvalue weighted by molar-refractivity contribution is -0.159. The summed E-state index contributed by atoms with van der Waals surface area (Å²) in [4.78, 5) is 18.2. The summed E-state index contributed by atoms with van der Waals surface area (Å²) >= 11 is 4.15. The lowest BCUT2D eigenvalue weighted by Gasteiger charge is -2.19. The first-order valence-electron chi connectivity index (χ1n) is 7.47. The topological polar surface area (TPSA) is 98.7 Å². The summed E-state index contributed by atoms with van der Waals surface area (Å²) in [5.74, 6) is 1.76. The Morgan fingerprint density at radius 3 is 1.18 bits per heavy atom. The van der Waals surface area contributed by atoms with E-state index in [4.69, 9.17) is 19.8 Å². The van der Waals surface area contributed by atoms with Crippen LogP contribution in [0.5, 0.6) is 0 Å². The van der Waals surface area contributed by atoms with Crippen molar-refractivity contribution in [2.75, 3.05) is 37.1 Å². The molecule has 0 unspecified atom stereocenters. The Hall–Kier alpha value is -0.440. The smallest absolute Gasteiger partial charge is 0.414 e. The number of hydrogen-bond donors (Lipinski definition) is 4. The Labute approximate surface area is 141 Å². The van der Waals surface area contributed by atoms with Crippen LogP contribution in [0.1, 0.15) is 25.7 Å². The first-order valence-corrected chi connectivity index (χ1v) is 9.78. The number of carboxylic acid groups (broad SMARTS) is 2. The quantitative estimate of drug-likeness (QED) is 0.553. The fourth-order valence-corrected chi connectivity index (χ4v) is 4.19. The molecule has 2 heterocycles. The first-order chi connectivity index (χ1) is 10.5. The van der Waals surface area contributed by atoms with Crippen molar-refractivity contribution in [2.45, 2.75) is 37.8 Å². The van der Waals surface area contributed by atoms with Crippen molar-refractivity contribution in [1.82, 2.24) is 10.6 Å². The van der Waals surface area contributed by atoms with Crippen molar-refractivity contribution in [2.24, 2.45) is 0 Å². The van der Waals surface area contributed by atoms with Gasteiger partial charge in [0.15, 0.2) is 0 Å². The van der Waals surface area contributed by atoms with E-state index in [1.54, 1.807) is 0 Å². The summed E-state index contributed by atoms with van der Waals surface area (Å²) in [6, 6.07) is 1.63. The highest BCUT2D eigenvalue weighted by molar-refractivity contribution is 7.99. The number of aliphatic carboxylic acids is 2. The van der Waals surface area contributed by atoms with Crippen molar-refractivity contribution >= 4 is 35.5 Å². The molecular formula is C14H28N2O4S2. The lowest BCUT2D eigenvalue weighted by atomic mass is 10.2. The molecule has 6 nitrogen and oxygen atoms in total. The molecule has 0 aliphatic carbocycles. The third-order valence-electron chi connectivity index (χ3n) is 3.44. The SMILES string of the molecule is CNC1CCSCC1.CNC1CCSCC1.O=C(O)C(=O)O. The highest BCUT2D eigenvalue weighted by Gasteiger charge is 2.10. The second-order valence-electron chi connectivity index (χ2n) is 4.96. The number of thioether (sulfide) groups is 2. The molecule has 130 valence electrons. The van der Waals surface area contributed by atoms with Crippen LogP contribution in [0.2, 0.25) is 0 Å². The molecule has 2 saturated heterocycles. The maximum Gasteiger partial charge on any atom is 0.414 e. The normalized spacial score (nSPS) is 19.2. The van der Waals surface area contributed by atoms with Crippen molar-refractivity contribution in [3.63, 3.8) is 0 Å². The zero-order valence-electron chi connectivity index (χ0n) is 13.3. The number of carboxylic acids is 2. The molecule has 0 aromatic carbocycles. The molecule has 0 saturated carbocycles. The van der Waals surface area contributed by atoms with E-state index in [-0.39, 0.29) is 0 Å². The summed E-state index contributed by atoms with van der Waals surface area (Å²) in [5, 5.41) is 21.4. The summed E-state index contributed by atoms with van der Waals surface area (Å²) < 4.78 is 0. The van der Waals surface area contributed by atoms with Gasteiger partial charge in [0.1, 0.15) is 0 Å². The predicted octanol–water partition coefficient (Wildman–Crippen LogP) is 1.36. The van der Waals surface area contributed by atoms with Crippen LogP contribution >= 0.6 is 23.5 Å². The van der Waals surface area contributed by atoms with E-state index in [0.29, 0.717) is 0 Å². The van der Waals surface area contributed by atoms with Gasteiger partial charge < -0.3 is 20.8 Å². The Kier molecular flexibility index (Phi) is 13.9. The molecule has 22 heavy (non-hydrogen) atoms. The zero-order valence-corrected chi connectivity index (χ0v) is 15.0. The summed E-state index contributed by atoms with van der Waals surface area (Å²) in [6.07, 6.45) is 5.45. The monoisotopic (exact) mass is 352 g/mol. The molecule has 0 aromatic rings. The van der Waals surface area contributed by atoms with Crippen LogP contribution in [-0.4, -0.2) is 71.3 Å². The summed E-state index contributed by atoms with van der Waals surface area (Å²) in [7, 11) is 4.11. The van der Waals surface area contributed by atoms with Crippen LogP contribution in [-0.2, 0) is 9.59 Å². The molecule has 0 amide bonds. The molecule has 4 N–H and O–H groups in total. The zero-order chi connectivity index (χ0) is 16.8. The molecule has 2 fully saturated rings. The Balaban J connectivity index is 0.000000306. The van der Waals surface area contributed by atoms with Crippen LogP contribution in [0.25, 0.3) is 0 Å². The standard InChI is InChI=1S/2C6H13NS.C2H2O4/c2*1-7-6-2-4-8-5-3-6;3-1(4)2(5)6/h2*6-7H,2-5H2,1H3;(H,3,4)(H,5,6). The Morgan fingerprint density at radius 2 is 1.05 bits per heavy atom. The van der Waals surface area contributed by atoms with Gasteiger partial charge in [0, 0.05) is 12.1 Å². The van der Waals surface area contributed by atoms with Gasteiger partial charge in [0.25, 0.3) is 0 Å². The van der Waals surface area contributed by atoms with Gasteiger partial charge in [-0.1, -0.05) is 0 Å². The van der Waals surface area contributed by atoms with Crippen molar-refractivity contribution in [3.05, 3.63) is 0 Å². The van der Waals surface area contributed by atoms with Crippen LogP contribution in [0.15, 0.2) is 0 Å². The molecular weight excluding hydrogens is 324 g/mol. The van der Waals surface area contributed by atoms with Gasteiger partial charge in [-0.2, -0.15) is 23.5 Å². The first kappa shape index (κ1) is 21.6. The molecule has 2 rings (SSSR count). The van der Waals surface area contributed by atoms with Crippen molar-refractivity contribution in [3.8, 4) is 0 Å². The van der Waals surface area contributed by atoms with Gasteiger partial charge in [0.05, 0.1) is 0 Å². The maximum absolute atomic E-state index is 9.10. The lowest BCUT2D eigenvalue weighted by Crippen LogP contribution is -2.28. The van der Waals surface area contributed by atoms with E-state index in [0.717, 1.165) is 12.1 Å². The predicted molar refractivity (Wildman–Crippen MR) is 94.1 cm³/mol. The molecule has 0 atom stereocenters. The molecule has 2 aliphatic heterocycles. The molecule has 2 aliphatic rings. The second kappa shape index (κ2) is 14.2. The summed E-state index contributed by atoms with van der Waals surface area (Å²) in [6.45, 7) is 0. The average molecular weight is 353 g/mol. The number of carbonyl (C=O) groups is 2. The van der Waals surface area contributed by atoms with E-state index in [2.05, 4.69) is 48.3 Å². The van der Waals surface area contributed by atoms with Gasteiger partial charge in [-0.05, 0) is 62.8 Å². The highest BCUT2D eigenvalue weighted by atomic mass is 32.2. The molecule has 0 radical (unpaired) electrons. The van der Waals surface area contributed by atoms with Crippen LogP contribution in [0.4, 0.5) is 0 Å². The average Bonchev–Trinajstić information content (AvgIpc) is 2.57. The Morgan fingerprint density at radius 1 is 0.773 bits per heavy atom. The van der Waals surface area contributed by atoms with Crippen LogP contribution in [0.3, 0.4) is 0 Å². The van der Waals surface area contributed by atoms with Gasteiger partial charge >= 0.3 is 11.9 Å². The molecule has 0 bridgehead atoms. The number of hydrogen-bond acceptors (Lipinski definition) is 6. The minimum atomic E-state index is -1.82. The molecule has 8 heteroatoms. The summed E-state index contributed by atoms with van der Waals surface area (Å²) in [5.41, 5.74) is 0. The largest absolute Gasteiger partial charge is 0.473 e. The van der Waals surface area contributed by atoms with E-state index in [9.17, 15) is 0 Å². The minimum Gasteiger partial charge on any atom is -0.473 e. The van der Waals surface area contributed by atoms with Gasteiger partial charge in [-0.25, -0.2) is 9.59 Å². The van der Waals surface area contributed by atoms with Crippen molar-refractivity contribution in [1.29, 1.82) is 0 Å². The highest BCUT2D eigenvalue weighted by Crippen LogP contribution is 2.16. The molecule has 0 aromatic heterocycles. The second-order valence-corrected chi connectivity index (χ2v) is 7.41. The third kappa shape index (κ3) is 12.1. The fourth-order valence-electron chi connectivity index (χ4n) is 1.97. The minimum absolute atomic E-state index is 0.816. The van der Waals surface area contributed by atoms with E-state index in [1.165, 1.54) is 48.7 Å². The molecule has 0 spiro atoms. The third-order valence-corrected chi connectivity index (χ3v) is 5.54. The van der Waals surface area contributed by atoms with E-state index < -0.39 is 11.9 Å². The van der Waals surface area contributed by atoms with E-state index >= 15 is 0 Å². The van der Waals surface area contributed by atoms with Crippen LogP contribution < -0.4 is 10.6 Å². The fraction of sp³-hybridized carbons (Fsp3) is 0.857. The van der Waals surface area contributed by atoms with Gasteiger partial charge in [-0.15, -0.1) is 0 Å². The van der Waals surface area contributed by atoms with Gasteiger partial charge in [0.2, 0.25) is 0 Å². The Bertz CT molecular complexity index is 277. The van der Waals surface area contributed by atoms with Crippen LogP contribution in [0, 0.1) is 0 Å². The maximum atomic E-state index is 9.10. The number of rotatable bonds is 2. The number of nitrogens with one attached hydrogen (secondary N) is 2.